The van der Waals surface area contributed by atoms with Gasteiger partial charge in [-0.2, -0.15) is 5.10 Å². The topological polar surface area (TPSA) is 53.9 Å². The average Bonchev–Trinajstić information content (AvgIpc) is 3.32. The Morgan fingerprint density at radius 3 is 2.06 bits per heavy atom. The summed E-state index contributed by atoms with van der Waals surface area (Å²) in [6, 6.07) is 28.0. The Kier molecular flexibility index (Phi) is 6.22. The maximum atomic E-state index is 13.5. The molecule has 7 heteroatoms. The van der Waals surface area contributed by atoms with Crippen LogP contribution in [0.5, 0.6) is 11.5 Å². The average molecular weight is 469 g/mol. The van der Waals surface area contributed by atoms with Crippen LogP contribution in [0.3, 0.4) is 0 Å². The first-order valence-corrected chi connectivity index (χ1v) is 11.1. The number of ether oxygens (including phenoxy) is 1. The quantitative estimate of drug-likeness (QED) is 0.350. The van der Waals surface area contributed by atoms with Gasteiger partial charge in [0.15, 0.2) is 0 Å². The van der Waals surface area contributed by atoms with Gasteiger partial charge in [0.2, 0.25) is 0 Å². The van der Waals surface area contributed by atoms with Gasteiger partial charge in [-0.15, -0.1) is 0 Å². The molecule has 1 aliphatic heterocycles. The molecule has 0 aliphatic carbocycles. The third-order valence-electron chi connectivity index (χ3n) is 5.65. The lowest BCUT2D eigenvalue weighted by atomic mass is 9.90. The summed E-state index contributed by atoms with van der Waals surface area (Å²) in [5.41, 5.74) is 2.70. The minimum absolute atomic E-state index is 0.263. The summed E-state index contributed by atoms with van der Waals surface area (Å²) in [6.07, 6.45) is 0. The van der Waals surface area contributed by atoms with Gasteiger partial charge in [-0.05, 0) is 71.8 Å². The molecule has 5 nitrogen and oxygen atoms in total. The van der Waals surface area contributed by atoms with Crippen LogP contribution in [0.4, 0.5) is 19.3 Å². The number of nitrogens with zero attached hydrogens (tertiary/aromatic N) is 2. The molecular formula is C28H21F2N3O2. The summed E-state index contributed by atoms with van der Waals surface area (Å²) >= 11 is 0. The molecule has 0 aromatic heterocycles. The normalized spacial score (nSPS) is 15.0. The second-order valence-corrected chi connectivity index (χ2v) is 8.05. The zero-order valence-corrected chi connectivity index (χ0v) is 18.6. The van der Waals surface area contributed by atoms with E-state index in [-0.39, 0.29) is 24.1 Å². The van der Waals surface area contributed by atoms with Crippen molar-refractivity contribution in [1.29, 1.82) is 0 Å². The number of amides is 2. The van der Waals surface area contributed by atoms with Crippen LogP contribution >= 0.6 is 0 Å². The fourth-order valence-corrected chi connectivity index (χ4v) is 3.89. The number of nitrogens with one attached hydrogen (secondary N) is 1. The van der Waals surface area contributed by atoms with Crippen LogP contribution in [-0.4, -0.2) is 23.3 Å². The zero-order chi connectivity index (χ0) is 24.2. The summed E-state index contributed by atoms with van der Waals surface area (Å²) in [5, 5.41) is 8.71. The monoisotopic (exact) mass is 469 g/mol. The third-order valence-corrected chi connectivity index (χ3v) is 5.65. The van der Waals surface area contributed by atoms with E-state index in [1.54, 1.807) is 48.5 Å². The number of benzene rings is 4. The van der Waals surface area contributed by atoms with Crippen LogP contribution in [0.25, 0.3) is 0 Å². The lowest BCUT2D eigenvalue weighted by Crippen LogP contribution is -2.30. The van der Waals surface area contributed by atoms with Crippen molar-refractivity contribution < 1.29 is 18.3 Å². The van der Waals surface area contributed by atoms with Crippen LogP contribution in [0.15, 0.2) is 108 Å². The molecule has 5 rings (SSSR count). The summed E-state index contributed by atoms with van der Waals surface area (Å²) in [6.45, 7) is 0.263. The number of carbonyl (C=O) groups excluding carboxylic acids is 1. The lowest BCUT2D eigenvalue weighted by molar-refractivity contribution is 0.218. The molecule has 1 unspecified atom stereocenters. The van der Waals surface area contributed by atoms with Gasteiger partial charge in [-0.25, -0.2) is 18.6 Å². The number of urea groups is 1. The summed E-state index contributed by atoms with van der Waals surface area (Å²) in [7, 11) is 0. The van der Waals surface area contributed by atoms with Gasteiger partial charge in [0.25, 0.3) is 0 Å². The highest BCUT2D eigenvalue weighted by molar-refractivity contribution is 6.07. The number of hydrogen-bond acceptors (Lipinski definition) is 3. The molecule has 0 radical (unpaired) electrons. The molecule has 35 heavy (non-hydrogen) atoms. The van der Waals surface area contributed by atoms with Crippen molar-refractivity contribution in [2.45, 2.75) is 5.92 Å². The second kappa shape index (κ2) is 9.77. The first-order chi connectivity index (χ1) is 17.0. The third kappa shape index (κ3) is 5.19. The largest absolute Gasteiger partial charge is 0.457 e. The molecule has 1 heterocycles. The van der Waals surface area contributed by atoms with Gasteiger partial charge in [0, 0.05) is 11.6 Å². The van der Waals surface area contributed by atoms with Crippen LogP contribution in [-0.2, 0) is 0 Å². The highest BCUT2D eigenvalue weighted by Gasteiger charge is 2.32. The summed E-state index contributed by atoms with van der Waals surface area (Å²) in [5.74, 6) is 0.369. The number of rotatable bonds is 5. The van der Waals surface area contributed by atoms with Gasteiger partial charge in [0.05, 0.1) is 12.3 Å². The number of halogens is 2. The molecular weight excluding hydrogens is 448 g/mol. The van der Waals surface area contributed by atoms with Crippen molar-refractivity contribution in [3.63, 3.8) is 0 Å². The highest BCUT2D eigenvalue weighted by atomic mass is 19.1. The van der Waals surface area contributed by atoms with Crippen molar-refractivity contribution in [3.05, 3.63) is 126 Å². The van der Waals surface area contributed by atoms with E-state index in [1.165, 1.54) is 29.3 Å². The van der Waals surface area contributed by atoms with Crippen molar-refractivity contribution >= 4 is 17.4 Å². The van der Waals surface area contributed by atoms with E-state index in [0.29, 0.717) is 22.7 Å². The lowest BCUT2D eigenvalue weighted by Gasteiger charge is -2.16. The number of para-hydroxylation sites is 1. The maximum absolute atomic E-state index is 13.5. The van der Waals surface area contributed by atoms with Gasteiger partial charge in [-0.3, -0.25) is 0 Å². The molecule has 0 saturated carbocycles. The molecule has 0 spiro atoms. The van der Waals surface area contributed by atoms with Crippen LogP contribution in [0.2, 0.25) is 0 Å². The van der Waals surface area contributed by atoms with Crippen molar-refractivity contribution in [2.75, 3.05) is 11.9 Å². The van der Waals surface area contributed by atoms with Crippen LogP contribution < -0.4 is 10.1 Å². The van der Waals surface area contributed by atoms with E-state index in [2.05, 4.69) is 10.4 Å². The molecule has 1 atom stereocenters. The number of hydrazone groups is 1. The Balaban J connectivity index is 1.33. The van der Waals surface area contributed by atoms with Gasteiger partial charge >= 0.3 is 6.03 Å². The maximum Gasteiger partial charge on any atom is 0.342 e. The predicted molar refractivity (Wildman–Crippen MR) is 131 cm³/mol. The first kappa shape index (κ1) is 22.3. The van der Waals surface area contributed by atoms with Gasteiger partial charge in [-0.1, -0.05) is 42.5 Å². The molecule has 1 aliphatic rings. The van der Waals surface area contributed by atoms with E-state index < -0.39 is 6.03 Å². The molecule has 2 amide bonds. The van der Waals surface area contributed by atoms with E-state index >= 15 is 0 Å². The molecule has 1 N–H and O–H groups in total. The van der Waals surface area contributed by atoms with Crippen molar-refractivity contribution in [3.8, 4) is 11.5 Å². The Bertz CT molecular complexity index is 1340. The summed E-state index contributed by atoms with van der Waals surface area (Å²) < 4.78 is 32.7. The number of anilines is 1. The minimum atomic E-state index is -0.411. The fraction of sp³-hybridized carbons (Fsp3) is 0.0714. The first-order valence-electron chi connectivity index (χ1n) is 11.1. The Morgan fingerprint density at radius 2 is 1.40 bits per heavy atom. The van der Waals surface area contributed by atoms with Crippen LogP contribution in [0, 0.1) is 11.6 Å². The smallest absolute Gasteiger partial charge is 0.342 e. The van der Waals surface area contributed by atoms with Gasteiger partial charge < -0.3 is 10.1 Å². The van der Waals surface area contributed by atoms with E-state index in [9.17, 15) is 13.6 Å². The molecule has 0 fully saturated rings. The van der Waals surface area contributed by atoms with Crippen molar-refractivity contribution in [1.82, 2.24) is 5.01 Å². The molecule has 4 aromatic carbocycles. The van der Waals surface area contributed by atoms with Crippen LogP contribution in [0.1, 0.15) is 17.0 Å². The molecule has 4 aromatic rings. The highest BCUT2D eigenvalue weighted by Crippen LogP contribution is 2.30. The SMILES string of the molecule is O=C(Nc1ccc(Oc2ccccc2)cc1)N1CC(c2ccc(F)cc2)C(c2ccc(F)cc2)=N1. The summed E-state index contributed by atoms with van der Waals surface area (Å²) in [4.78, 5) is 13.0. The minimum Gasteiger partial charge on any atom is -0.457 e. The number of carbonyl (C=O) groups is 1. The van der Waals surface area contributed by atoms with Crippen molar-refractivity contribution in [2.24, 2.45) is 5.10 Å². The Morgan fingerprint density at radius 1 is 0.800 bits per heavy atom. The second-order valence-electron chi connectivity index (χ2n) is 8.05. The van der Waals surface area contributed by atoms with E-state index in [1.807, 2.05) is 30.3 Å². The van der Waals surface area contributed by atoms with Gasteiger partial charge in [0.1, 0.15) is 23.1 Å². The Hall–Kier alpha value is -4.52. The molecule has 0 saturated heterocycles. The van der Waals surface area contributed by atoms with E-state index in [4.69, 9.17) is 4.74 Å². The molecule has 174 valence electrons. The number of hydrogen-bond donors (Lipinski definition) is 1. The Labute approximate surface area is 201 Å². The molecule has 0 bridgehead atoms. The van der Waals surface area contributed by atoms with E-state index in [0.717, 1.165) is 11.3 Å². The standard InChI is InChI=1S/C28H21F2N3O2/c29-21-10-6-19(7-11-21)26-18-33(32-27(26)20-8-12-22(30)13-9-20)28(34)31-23-14-16-25(17-15-23)35-24-4-2-1-3-5-24/h1-17,26H,18H2,(H,31,34). The zero-order valence-electron chi connectivity index (χ0n) is 18.6. The fourth-order valence-electron chi connectivity index (χ4n) is 3.89. The predicted octanol–water partition coefficient (Wildman–Crippen LogP) is 6.79.